The minimum atomic E-state index is -0.235. The van der Waals surface area contributed by atoms with Crippen LogP contribution < -0.4 is 5.73 Å². The number of hydrogen-bond donors (Lipinski definition) is 1. The lowest BCUT2D eigenvalue weighted by Gasteiger charge is -2.11. The van der Waals surface area contributed by atoms with Crippen LogP contribution in [0.1, 0.15) is 5.56 Å². The van der Waals surface area contributed by atoms with Crippen LogP contribution >= 0.6 is 0 Å². The molecule has 12 heavy (non-hydrogen) atoms. The third-order valence-corrected chi connectivity index (χ3v) is 1.59. The standard InChI is InChI=1S/C9H13FN2/c1-12(2)6-7-5-8(10)3-4-9(7)11/h3-5H,6,11H2,1-2H3. The summed E-state index contributed by atoms with van der Waals surface area (Å²) in [5.74, 6) is -0.235. The van der Waals surface area contributed by atoms with Crippen molar-refractivity contribution in [3.63, 3.8) is 0 Å². The highest BCUT2D eigenvalue weighted by molar-refractivity contribution is 5.46. The Bertz CT molecular complexity index is 271. The number of benzene rings is 1. The van der Waals surface area contributed by atoms with Gasteiger partial charge in [-0.25, -0.2) is 4.39 Å². The average molecular weight is 168 g/mol. The van der Waals surface area contributed by atoms with Crippen molar-refractivity contribution < 1.29 is 4.39 Å². The fourth-order valence-corrected chi connectivity index (χ4v) is 1.05. The first-order valence-corrected chi connectivity index (χ1v) is 3.78. The molecule has 0 saturated heterocycles. The summed E-state index contributed by atoms with van der Waals surface area (Å²) < 4.78 is 12.7. The number of nitrogen functional groups attached to an aromatic ring is 1. The highest BCUT2D eigenvalue weighted by Gasteiger charge is 2.01. The summed E-state index contributed by atoms with van der Waals surface area (Å²) in [4.78, 5) is 1.95. The molecule has 1 aromatic carbocycles. The van der Waals surface area contributed by atoms with Crippen LogP contribution in [-0.2, 0) is 6.54 Å². The maximum Gasteiger partial charge on any atom is 0.123 e. The second kappa shape index (κ2) is 3.54. The molecule has 0 spiro atoms. The van der Waals surface area contributed by atoms with Crippen LogP contribution in [0.2, 0.25) is 0 Å². The Hall–Kier alpha value is -1.09. The molecule has 0 atom stereocenters. The number of halogens is 1. The van der Waals surface area contributed by atoms with Crippen LogP contribution in [-0.4, -0.2) is 19.0 Å². The van der Waals surface area contributed by atoms with Gasteiger partial charge in [0.2, 0.25) is 0 Å². The Balaban J connectivity index is 2.90. The molecular weight excluding hydrogens is 155 g/mol. The number of nitrogens with zero attached hydrogens (tertiary/aromatic N) is 1. The van der Waals surface area contributed by atoms with Crippen molar-refractivity contribution in [1.29, 1.82) is 0 Å². The van der Waals surface area contributed by atoms with Crippen molar-refractivity contribution in [2.45, 2.75) is 6.54 Å². The van der Waals surface area contributed by atoms with E-state index in [2.05, 4.69) is 0 Å². The van der Waals surface area contributed by atoms with Crippen molar-refractivity contribution >= 4 is 5.69 Å². The molecular formula is C9H13FN2. The van der Waals surface area contributed by atoms with Gasteiger partial charge in [-0.15, -0.1) is 0 Å². The molecule has 0 aliphatic carbocycles. The van der Waals surface area contributed by atoms with E-state index in [0.29, 0.717) is 12.2 Å². The van der Waals surface area contributed by atoms with Gasteiger partial charge in [0.15, 0.2) is 0 Å². The number of rotatable bonds is 2. The first-order valence-electron chi connectivity index (χ1n) is 3.78. The minimum Gasteiger partial charge on any atom is -0.398 e. The molecule has 1 rings (SSSR count). The maximum atomic E-state index is 12.7. The summed E-state index contributed by atoms with van der Waals surface area (Å²) in [5.41, 5.74) is 7.12. The highest BCUT2D eigenvalue weighted by atomic mass is 19.1. The SMILES string of the molecule is CN(C)Cc1cc(F)ccc1N. The lowest BCUT2D eigenvalue weighted by Crippen LogP contribution is -2.12. The van der Waals surface area contributed by atoms with Crippen molar-refractivity contribution in [2.75, 3.05) is 19.8 Å². The van der Waals surface area contributed by atoms with Gasteiger partial charge in [0.05, 0.1) is 0 Å². The molecule has 2 nitrogen and oxygen atoms in total. The van der Waals surface area contributed by atoms with E-state index in [9.17, 15) is 4.39 Å². The summed E-state index contributed by atoms with van der Waals surface area (Å²) in [6.45, 7) is 0.670. The summed E-state index contributed by atoms with van der Waals surface area (Å²) in [6.07, 6.45) is 0. The molecule has 0 unspecified atom stereocenters. The fraction of sp³-hybridized carbons (Fsp3) is 0.333. The predicted octanol–water partition coefficient (Wildman–Crippen LogP) is 1.47. The molecule has 0 fully saturated rings. The van der Waals surface area contributed by atoms with Gasteiger partial charge in [-0.2, -0.15) is 0 Å². The quantitative estimate of drug-likeness (QED) is 0.677. The Kier molecular flexibility index (Phi) is 2.65. The first kappa shape index (κ1) is 9.00. The second-order valence-electron chi connectivity index (χ2n) is 3.08. The zero-order valence-electron chi connectivity index (χ0n) is 7.34. The van der Waals surface area contributed by atoms with Gasteiger partial charge in [0.25, 0.3) is 0 Å². The van der Waals surface area contributed by atoms with Gasteiger partial charge in [0, 0.05) is 12.2 Å². The van der Waals surface area contributed by atoms with Gasteiger partial charge < -0.3 is 10.6 Å². The first-order chi connectivity index (χ1) is 5.59. The van der Waals surface area contributed by atoms with Crippen molar-refractivity contribution in [3.8, 4) is 0 Å². The van der Waals surface area contributed by atoms with E-state index in [4.69, 9.17) is 5.73 Å². The van der Waals surface area contributed by atoms with Crippen LogP contribution in [0.3, 0.4) is 0 Å². The molecule has 0 aromatic heterocycles. The Labute approximate surface area is 71.8 Å². The zero-order chi connectivity index (χ0) is 9.14. The van der Waals surface area contributed by atoms with Gasteiger partial charge in [-0.1, -0.05) is 0 Å². The Morgan fingerprint density at radius 2 is 2.08 bits per heavy atom. The molecule has 0 saturated carbocycles. The predicted molar refractivity (Wildman–Crippen MR) is 48.2 cm³/mol. The second-order valence-corrected chi connectivity index (χ2v) is 3.08. The smallest absolute Gasteiger partial charge is 0.123 e. The van der Waals surface area contributed by atoms with Crippen molar-refractivity contribution in [2.24, 2.45) is 0 Å². The van der Waals surface area contributed by atoms with E-state index < -0.39 is 0 Å². The van der Waals surface area contributed by atoms with E-state index in [1.54, 1.807) is 6.07 Å². The molecule has 0 aliphatic heterocycles. The molecule has 2 N–H and O–H groups in total. The molecule has 0 bridgehead atoms. The number of hydrogen-bond acceptors (Lipinski definition) is 2. The van der Waals surface area contributed by atoms with E-state index in [1.165, 1.54) is 12.1 Å². The third kappa shape index (κ3) is 2.20. The highest BCUT2D eigenvalue weighted by Crippen LogP contribution is 2.14. The summed E-state index contributed by atoms with van der Waals surface area (Å²) in [5, 5.41) is 0. The number of nitrogens with two attached hydrogens (primary N) is 1. The lowest BCUT2D eigenvalue weighted by molar-refractivity contribution is 0.402. The summed E-state index contributed by atoms with van der Waals surface area (Å²) in [6, 6.07) is 4.43. The maximum absolute atomic E-state index is 12.7. The van der Waals surface area contributed by atoms with E-state index in [1.807, 2.05) is 19.0 Å². The lowest BCUT2D eigenvalue weighted by atomic mass is 10.1. The van der Waals surface area contributed by atoms with Crippen LogP contribution in [0.4, 0.5) is 10.1 Å². The van der Waals surface area contributed by atoms with E-state index >= 15 is 0 Å². The summed E-state index contributed by atoms with van der Waals surface area (Å²) in [7, 11) is 3.84. The molecule has 0 aliphatic rings. The van der Waals surface area contributed by atoms with Crippen LogP contribution in [0.15, 0.2) is 18.2 Å². The van der Waals surface area contributed by atoms with Gasteiger partial charge >= 0.3 is 0 Å². The summed E-state index contributed by atoms with van der Waals surface area (Å²) >= 11 is 0. The van der Waals surface area contributed by atoms with Gasteiger partial charge in [-0.3, -0.25) is 0 Å². The minimum absolute atomic E-state index is 0.235. The third-order valence-electron chi connectivity index (χ3n) is 1.59. The molecule has 3 heteroatoms. The van der Waals surface area contributed by atoms with Crippen LogP contribution in [0.5, 0.6) is 0 Å². The Morgan fingerprint density at radius 3 is 2.67 bits per heavy atom. The van der Waals surface area contributed by atoms with Crippen LogP contribution in [0.25, 0.3) is 0 Å². The Morgan fingerprint density at radius 1 is 1.42 bits per heavy atom. The average Bonchev–Trinajstić information content (AvgIpc) is 1.96. The van der Waals surface area contributed by atoms with Crippen molar-refractivity contribution in [1.82, 2.24) is 4.90 Å². The largest absolute Gasteiger partial charge is 0.398 e. The molecule has 0 radical (unpaired) electrons. The molecule has 0 amide bonds. The molecule has 66 valence electrons. The van der Waals surface area contributed by atoms with Gasteiger partial charge in [-0.05, 0) is 37.9 Å². The fourth-order valence-electron chi connectivity index (χ4n) is 1.05. The molecule has 1 aromatic rings. The van der Waals surface area contributed by atoms with E-state index in [-0.39, 0.29) is 5.82 Å². The normalized spacial score (nSPS) is 10.7. The topological polar surface area (TPSA) is 29.3 Å². The monoisotopic (exact) mass is 168 g/mol. The number of anilines is 1. The molecule has 0 heterocycles. The van der Waals surface area contributed by atoms with E-state index in [0.717, 1.165) is 5.56 Å². The van der Waals surface area contributed by atoms with Crippen molar-refractivity contribution in [3.05, 3.63) is 29.6 Å². The zero-order valence-corrected chi connectivity index (χ0v) is 7.34. The van der Waals surface area contributed by atoms with Gasteiger partial charge in [0.1, 0.15) is 5.82 Å². The van der Waals surface area contributed by atoms with Crippen LogP contribution in [0, 0.1) is 5.82 Å².